The van der Waals surface area contributed by atoms with Gasteiger partial charge in [0, 0.05) is 13.1 Å². The van der Waals surface area contributed by atoms with Crippen LogP contribution in [0, 0.1) is 11.8 Å². The molecule has 1 aliphatic rings. The van der Waals surface area contributed by atoms with Crippen LogP contribution in [0.15, 0.2) is 0 Å². The summed E-state index contributed by atoms with van der Waals surface area (Å²) in [6, 6.07) is 0. The molecule has 0 spiro atoms. The molecule has 1 unspecified atom stereocenters. The van der Waals surface area contributed by atoms with Gasteiger partial charge < -0.3 is 10.0 Å². The Hall–Kier alpha value is -1.06. The first-order chi connectivity index (χ1) is 6.57. The molecule has 0 aliphatic carbocycles. The first-order valence-electron chi connectivity index (χ1n) is 5.09. The van der Waals surface area contributed by atoms with Crippen LogP contribution in [0.3, 0.4) is 0 Å². The summed E-state index contributed by atoms with van der Waals surface area (Å²) >= 11 is 0. The van der Waals surface area contributed by atoms with E-state index < -0.39 is 11.9 Å². The molecule has 1 amide bonds. The summed E-state index contributed by atoms with van der Waals surface area (Å²) in [5.74, 6) is -1.74. The molecule has 4 heteroatoms. The van der Waals surface area contributed by atoms with Crippen molar-refractivity contribution >= 4 is 11.9 Å². The third-order valence-corrected chi connectivity index (χ3v) is 2.82. The van der Waals surface area contributed by atoms with E-state index in [-0.39, 0.29) is 11.8 Å². The van der Waals surface area contributed by atoms with E-state index in [0.717, 1.165) is 12.8 Å². The molecule has 1 aliphatic heterocycles. The van der Waals surface area contributed by atoms with E-state index in [0.29, 0.717) is 13.1 Å². The van der Waals surface area contributed by atoms with Crippen LogP contribution in [-0.4, -0.2) is 35.0 Å². The quantitative estimate of drug-likeness (QED) is 0.733. The normalized spacial score (nSPS) is 27.0. The van der Waals surface area contributed by atoms with E-state index in [1.807, 2.05) is 0 Å². The van der Waals surface area contributed by atoms with Crippen LogP contribution in [0.25, 0.3) is 0 Å². The van der Waals surface area contributed by atoms with Crippen molar-refractivity contribution in [1.29, 1.82) is 0 Å². The zero-order chi connectivity index (χ0) is 10.7. The summed E-state index contributed by atoms with van der Waals surface area (Å²) in [6.07, 6.45) is 1.97. The van der Waals surface area contributed by atoms with E-state index in [1.54, 1.807) is 11.8 Å². The third kappa shape index (κ3) is 2.05. The predicted octanol–water partition coefficient (Wildman–Crippen LogP) is 0.966. The standard InChI is InChI=1S/C10H17NO3/c1-3-4-5-11-6-8(10(13)14)7(2)9(11)12/h7-8H,3-6H2,1-2H3,(H,13,14)/t7-,8?/m0/s1. The van der Waals surface area contributed by atoms with Crippen molar-refractivity contribution in [1.82, 2.24) is 4.90 Å². The number of amides is 1. The molecule has 1 fully saturated rings. The first-order valence-corrected chi connectivity index (χ1v) is 5.09. The smallest absolute Gasteiger partial charge is 0.309 e. The molecule has 0 bridgehead atoms. The maximum absolute atomic E-state index is 11.6. The number of hydrogen-bond acceptors (Lipinski definition) is 2. The number of likely N-dealkylation sites (tertiary alicyclic amines) is 1. The minimum Gasteiger partial charge on any atom is -0.481 e. The molecule has 2 atom stereocenters. The molecular weight excluding hydrogens is 182 g/mol. The Morgan fingerprint density at radius 2 is 2.29 bits per heavy atom. The maximum atomic E-state index is 11.6. The summed E-state index contributed by atoms with van der Waals surface area (Å²) in [5, 5.41) is 8.87. The predicted molar refractivity (Wildman–Crippen MR) is 51.8 cm³/mol. The number of carboxylic acids is 1. The van der Waals surface area contributed by atoms with Gasteiger partial charge in [0.2, 0.25) is 5.91 Å². The van der Waals surface area contributed by atoms with Crippen LogP contribution in [0.1, 0.15) is 26.7 Å². The van der Waals surface area contributed by atoms with Gasteiger partial charge in [0.15, 0.2) is 0 Å². The molecule has 1 heterocycles. The number of unbranched alkanes of at least 4 members (excludes halogenated alkanes) is 1. The lowest BCUT2D eigenvalue weighted by Crippen LogP contribution is -2.27. The van der Waals surface area contributed by atoms with Gasteiger partial charge in [-0.2, -0.15) is 0 Å². The lowest BCUT2D eigenvalue weighted by molar-refractivity contribution is -0.143. The molecule has 0 saturated carbocycles. The lowest BCUT2D eigenvalue weighted by Gasteiger charge is -2.14. The van der Waals surface area contributed by atoms with Crippen LogP contribution in [0.4, 0.5) is 0 Å². The molecule has 0 aromatic carbocycles. The maximum Gasteiger partial charge on any atom is 0.309 e. The molecule has 4 nitrogen and oxygen atoms in total. The van der Waals surface area contributed by atoms with Gasteiger partial charge in [0.05, 0.1) is 11.8 Å². The van der Waals surface area contributed by atoms with E-state index in [9.17, 15) is 9.59 Å². The number of carbonyl (C=O) groups excluding carboxylic acids is 1. The van der Waals surface area contributed by atoms with Crippen LogP contribution < -0.4 is 0 Å². The number of rotatable bonds is 4. The Kier molecular flexibility index (Phi) is 3.49. The highest BCUT2D eigenvalue weighted by atomic mass is 16.4. The molecule has 14 heavy (non-hydrogen) atoms. The largest absolute Gasteiger partial charge is 0.481 e. The zero-order valence-corrected chi connectivity index (χ0v) is 8.69. The van der Waals surface area contributed by atoms with Crippen molar-refractivity contribution in [3.05, 3.63) is 0 Å². The molecule has 1 saturated heterocycles. The van der Waals surface area contributed by atoms with Gasteiger partial charge in [-0.3, -0.25) is 9.59 Å². The summed E-state index contributed by atoms with van der Waals surface area (Å²) in [4.78, 5) is 24.1. The van der Waals surface area contributed by atoms with Gasteiger partial charge in [-0.05, 0) is 6.42 Å². The fraction of sp³-hybridized carbons (Fsp3) is 0.800. The van der Waals surface area contributed by atoms with Crippen molar-refractivity contribution < 1.29 is 14.7 Å². The van der Waals surface area contributed by atoms with Crippen LogP contribution in [0.5, 0.6) is 0 Å². The molecule has 0 aromatic heterocycles. The van der Waals surface area contributed by atoms with E-state index in [4.69, 9.17) is 5.11 Å². The van der Waals surface area contributed by atoms with Gasteiger partial charge in [-0.1, -0.05) is 20.3 Å². The fourth-order valence-electron chi connectivity index (χ4n) is 1.79. The number of carbonyl (C=O) groups is 2. The second-order valence-electron chi connectivity index (χ2n) is 3.87. The molecule has 1 rings (SSSR count). The second kappa shape index (κ2) is 4.44. The van der Waals surface area contributed by atoms with Crippen LogP contribution in [0.2, 0.25) is 0 Å². The Bertz CT molecular complexity index is 240. The summed E-state index contributed by atoms with van der Waals surface area (Å²) in [5.41, 5.74) is 0. The highest BCUT2D eigenvalue weighted by Gasteiger charge is 2.40. The molecule has 80 valence electrons. The summed E-state index contributed by atoms with van der Waals surface area (Å²) in [6.45, 7) is 4.84. The minimum atomic E-state index is -0.857. The molecular formula is C10H17NO3. The second-order valence-corrected chi connectivity index (χ2v) is 3.87. The van der Waals surface area contributed by atoms with Crippen molar-refractivity contribution in [2.45, 2.75) is 26.7 Å². The number of nitrogens with zero attached hydrogens (tertiary/aromatic N) is 1. The number of hydrogen-bond donors (Lipinski definition) is 1. The summed E-state index contributed by atoms with van der Waals surface area (Å²) < 4.78 is 0. The lowest BCUT2D eigenvalue weighted by atomic mass is 9.98. The average molecular weight is 199 g/mol. The Balaban J connectivity index is 2.57. The van der Waals surface area contributed by atoms with Crippen LogP contribution in [-0.2, 0) is 9.59 Å². The van der Waals surface area contributed by atoms with E-state index >= 15 is 0 Å². The Morgan fingerprint density at radius 1 is 1.64 bits per heavy atom. The van der Waals surface area contributed by atoms with E-state index in [1.165, 1.54) is 0 Å². The monoisotopic (exact) mass is 199 g/mol. The fourth-order valence-corrected chi connectivity index (χ4v) is 1.79. The topological polar surface area (TPSA) is 57.6 Å². The van der Waals surface area contributed by atoms with Gasteiger partial charge >= 0.3 is 5.97 Å². The Labute approximate surface area is 83.9 Å². The number of aliphatic carboxylic acids is 1. The Morgan fingerprint density at radius 3 is 2.71 bits per heavy atom. The molecule has 0 radical (unpaired) electrons. The molecule has 1 N–H and O–H groups in total. The van der Waals surface area contributed by atoms with Gasteiger partial charge in [0.1, 0.15) is 0 Å². The SMILES string of the molecule is CCCCN1CC(C(=O)O)[C@H](C)C1=O. The third-order valence-electron chi connectivity index (χ3n) is 2.82. The van der Waals surface area contributed by atoms with Gasteiger partial charge in [-0.25, -0.2) is 0 Å². The molecule has 0 aromatic rings. The van der Waals surface area contributed by atoms with Crippen molar-refractivity contribution in [2.24, 2.45) is 11.8 Å². The van der Waals surface area contributed by atoms with Crippen molar-refractivity contribution in [3.8, 4) is 0 Å². The van der Waals surface area contributed by atoms with Crippen molar-refractivity contribution in [3.63, 3.8) is 0 Å². The minimum absolute atomic E-state index is 0.00847. The number of carboxylic acid groups (broad SMARTS) is 1. The summed E-state index contributed by atoms with van der Waals surface area (Å²) in [7, 11) is 0. The van der Waals surface area contributed by atoms with E-state index in [2.05, 4.69) is 6.92 Å². The van der Waals surface area contributed by atoms with Gasteiger partial charge in [0.25, 0.3) is 0 Å². The van der Waals surface area contributed by atoms with Gasteiger partial charge in [-0.15, -0.1) is 0 Å². The highest BCUT2D eigenvalue weighted by Crippen LogP contribution is 2.24. The van der Waals surface area contributed by atoms with Crippen molar-refractivity contribution in [2.75, 3.05) is 13.1 Å². The van der Waals surface area contributed by atoms with Crippen LogP contribution >= 0.6 is 0 Å². The zero-order valence-electron chi connectivity index (χ0n) is 8.69. The average Bonchev–Trinajstić information content (AvgIpc) is 2.42. The first kappa shape index (κ1) is 11.0. The highest BCUT2D eigenvalue weighted by molar-refractivity contribution is 5.88.